The van der Waals surface area contributed by atoms with Crippen LogP contribution in [0.4, 0.5) is 5.69 Å². The van der Waals surface area contributed by atoms with Crippen LogP contribution in [0.5, 0.6) is 0 Å². The number of hydrogen-bond donors (Lipinski definition) is 1. The van der Waals surface area contributed by atoms with Crippen LogP contribution in [0.25, 0.3) is 0 Å². The number of imide groups is 1. The number of nitrogens with zero attached hydrogens (tertiary/aromatic N) is 1. The minimum absolute atomic E-state index is 0.223. The predicted molar refractivity (Wildman–Crippen MR) is 125 cm³/mol. The Hall–Kier alpha value is -3.23. The second kappa shape index (κ2) is 10.2. The van der Waals surface area contributed by atoms with Gasteiger partial charge in [0.15, 0.2) is 6.61 Å². The summed E-state index contributed by atoms with van der Waals surface area (Å²) in [5.41, 5.74) is 0.785. The van der Waals surface area contributed by atoms with E-state index in [0.29, 0.717) is 17.9 Å². The van der Waals surface area contributed by atoms with Crippen molar-refractivity contribution in [3.05, 3.63) is 29.8 Å². The Morgan fingerprint density at radius 2 is 1.60 bits per heavy atom. The van der Waals surface area contributed by atoms with Crippen molar-refractivity contribution in [3.8, 4) is 0 Å². The number of ether oxygens (including phenoxy) is 2. The van der Waals surface area contributed by atoms with E-state index in [-0.39, 0.29) is 41.4 Å². The van der Waals surface area contributed by atoms with Gasteiger partial charge in [-0.25, -0.2) is 9.59 Å². The van der Waals surface area contributed by atoms with Crippen molar-refractivity contribution in [3.63, 3.8) is 0 Å². The van der Waals surface area contributed by atoms with E-state index < -0.39 is 30.5 Å². The van der Waals surface area contributed by atoms with Gasteiger partial charge in [-0.3, -0.25) is 19.3 Å². The molecule has 0 aromatic heterocycles. The number of benzene rings is 1. The van der Waals surface area contributed by atoms with E-state index in [1.807, 2.05) is 6.92 Å². The molecule has 2 bridgehead atoms. The van der Waals surface area contributed by atoms with Crippen LogP contribution in [-0.4, -0.2) is 53.8 Å². The number of amides is 3. The Kier molecular flexibility index (Phi) is 7.23. The molecule has 3 fully saturated rings. The molecule has 5 atom stereocenters. The fourth-order valence-corrected chi connectivity index (χ4v) is 5.77. The summed E-state index contributed by atoms with van der Waals surface area (Å²) < 4.78 is 10.3. The number of carbonyl (C=O) groups is 5. The van der Waals surface area contributed by atoms with Crippen molar-refractivity contribution in [2.45, 2.75) is 52.5 Å². The van der Waals surface area contributed by atoms with Crippen molar-refractivity contribution < 1.29 is 33.4 Å². The average molecular weight is 485 g/mol. The molecule has 2 aliphatic carbocycles. The molecule has 1 heterocycles. The summed E-state index contributed by atoms with van der Waals surface area (Å²) in [7, 11) is 0. The molecule has 0 spiro atoms. The smallest absolute Gasteiger partial charge is 0.338 e. The summed E-state index contributed by atoms with van der Waals surface area (Å²) in [5, 5.41) is 2.60. The van der Waals surface area contributed by atoms with Gasteiger partial charge in [-0.15, -0.1) is 0 Å². The number of nitrogens with one attached hydrogen (secondary N) is 1. The molecule has 1 saturated heterocycles. The Morgan fingerprint density at radius 1 is 1.00 bits per heavy atom. The van der Waals surface area contributed by atoms with Crippen molar-refractivity contribution >= 4 is 35.3 Å². The van der Waals surface area contributed by atoms with Crippen molar-refractivity contribution in [2.24, 2.45) is 29.6 Å². The zero-order chi connectivity index (χ0) is 25.3. The van der Waals surface area contributed by atoms with E-state index >= 15 is 0 Å². The normalized spacial score (nSPS) is 25.5. The van der Waals surface area contributed by atoms with Crippen molar-refractivity contribution in [1.82, 2.24) is 4.90 Å². The number of anilines is 1. The second-order valence-corrected chi connectivity index (χ2v) is 9.99. The molecule has 3 aliphatic rings. The molecular formula is C26H32N2O7. The topological polar surface area (TPSA) is 119 Å². The van der Waals surface area contributed by atoms with E-state index in [1.54, 1.807) is 26.0 Å². The first-order valence-electron chi connectivity index (χ1n) is 12.3. The first kappa shape index (κ1) is 24.9. The van der Waals surface area contributed by atoms with Crippen LogP contribution < -0.4 is 5.32 Å². The maximum Gasteiger partial charge on any atom is 0.338 e. The standard InChI is InChI=1S/C26H32N2O7/c1-4-11-34-25(32)15-7-9-18(10-8-15)27-19(29)13-35-26(33)22(14(2)3)28-23(30)20-16-5-6-17(12-16)21(20)24(28)31/h7-10,14,16-17,20-22H,4-6,11-13H2,1-3H3,(H,27,29)/t16-,17-,20+,21+,22-/m0/s1. The van der Waals surface area contributed by atoms with E-state index in [1.165, 1.54) is 12.1 Å². The first-order chi connectivity index (χ1) is 16.7. The van der Waals surface area contributed by atoms with Crippen molar-refractivity contribution in [2.75, 3.05) is 18.5 Å². The number of fused-ring (bicyclic) bond motifs is 5. The highest BCUT2D eigenvalue weighted by Gasteiger charge is 2.62. The average Bonchev–Trinajstić information content (AvgIpc) is 3.51. The molecule has 2 saturated carbocycles. The molecule has 1 aromatic rings. The zero-order valence-corrected chi connectivity index (χ0v) is 20.3. The Bertz CT molecular complexity index is 991. The van der Waals surface area contributed by atoms with Gasteiger partial charge in [-0.1, -0.05) is 20.8 Å². The molecule has 1 aromatic carbocycles. The highest BCUT2D eigenvalue weighted by atomic mass is 16.5. The molecule has 9 nitrogen and oxygen atoms in total. The van der Waals surface area contributed by atoms with Gasteiger partial charge in [0.1, 0.15) is 6.04 Å². The van der Waals surface area contributed by atoms with Crippen LogP contribution in [0.2, 0.25) is 0 Å². The van der Waals surface area contributed by atoms with Crippen LogP contribution in [0.15, 0.2) is 24.3 Å². The summed E-state index contributed by atoms with van der Waals surface area (Å²) in [6.07, 6.45) is 3.55. The van der Waals surface area contributed by atoms with Crippen LogP contribution in [0.3, 0.4) is 0 Å². The monoisotopic (exact) mass is 484 g/mol. The Balaban J connectivity index is 1.34. The number of carbonyl (C=O) groups excluding carboxylic acids is 5. The molecule has 0 unspecified atom stereocenters. The summed E-state index contributed by atoms with van der Waals surface area (Å²) in [5.74, 6) is -2.87. The van der Waals surface area contributed by atoms with Gasteiger partial charge < -0.3 is 14.8 Å². The maximum absolute atomic E-state index is 13.1. The van der Waals surface area contributed by atoms with Gasteiger partial charge in [-0.05, 0) is 67.7 Å². The summed E-state index contributed by atoms with van der Waals surface area (Å²) in [6, 6.07) is 5.11. The molecule has 3 amide bonds. The lowest BCUT2D eigenvalue weighted by Crippen LogP contribution is -2.50. The van der Waals surface area contributed by atoms with Gasteiger partial charge >= 0.3 is 11.9 Å². The highest BCUT2D eigenvalue weighted by molar-refractivity contribution is 6.08. The second-order valence-electron chi connectivity index (χ2n) is 9.99. The van der Waals surface area contributed by atoms with Gasteiger partial charge in [0.25, 0.3) is 5.91 Å². The lowest BCUT2D eigenvalue weighted by Gasteiger charge is -2.28. The van der Waals surface area contributed by atoms with Gasteiger partial charge in [0.05, 0.1) is 24.0 Å². The van der Waals surface area contributed by atoms with E-state index in [9.17, 15) is 24.0 Å². The summed E-state index contributed by atoms with van der Waals surface area (Å²) in [4.78, 5) is 64.5. The molecule has 188 valence electrons. The van der Waals surface area contributed by atoms with E-state index in [4.69, 9.17) is 9.47 Å². The van der Waals surface area contributed by atoms with Crippen molar-refractivity contribution in [1.29, 1.82) is 0 Å². The third kappa shape index (κ3) is 4.81. The summed E-state index contributed by atoms with van der Waals surface area (Å²) in [6.45, 7) is 5.18. The Labute approximate surface area is 204 Å². The number of likely N-dealkylation sites (tertiary alicyclic amines) is 1. The third-order valence-electron chi connectivity index (χ3n) is 7.30. The first-order valence-corrected chi connectivity index (χ1v) is 12.3. The van der Waals surface area contributed by atoms with E-state index in [0.717, 1.165) is 30.6 Å². The lowest BCUT2D eigenvalue weighted by atomic mass is 9.81. The molecular weight excluding hydrogens is 452 g/mol. The van der Waals surface area contributed by atoms with Gasteiger partial charge in [0.2, 0.25) is 11.8 Å². The van der Waals surface area contributed by atoms with Crippen LogP contribution >= 0.6 is 0 Å². The van der Waals surface area contributed by atoms with E-state index in [2.05, 4.69) is 5.32 Å². The molecule has 0 radical (unpaired) electrons. The highest BCUT2D eigenvalue weighted by Crippen LogP contribution is 2.56. The lowest BCUT2D eigenvalue weighted by molar-refractivity contribution is -0.162. The molecule has 4 rings (SSSR count). The number of rotatable bonds is 9. The van der Waals surface area contributed by atoms with Gasteiger partial charge in [-0.2, -0.15) is 0 Å². The Morgan fingerprint density at radius 3 is 2.14 bits per heavy atom. The summed E-state index contributed by atoms with van der Waals surface area (Å²) >= 11 is 0. The predicted octanol–water partition coefficient (Wildman–Crippen LogP) is 2.79. The number of esters is 2. The zero-order valence-electron chi connectivity index (χ0n) is 20.3. The molecule has 1 aliphatic heterocycles. The van der Waals surface area contributed by atoms with Gasteiger partial charge in [0, 0.05) is 5.69 Å². The third-order valence-corrected chi connectivity index (χ3v) is 7.30. The molecule has 1 N–H and O–H groups in total. The largest absolute Gasteiger partial charge is 0.462 e. The number of hydrogen-bond acceptors (Lipinski definition) is 7. The minimum Gasteiger partial charge on any atom is -0.462 e. The maximum atomic E-state index is 13.1. The molecule has 9 heteroatoms. The fraction of sp³-hybridized carbons (Fsp3) is 0.577. The van der Waals surface area contributed by atoms with Crippen LogP contribution in [0, 0.1) is 29.6 Å². The SMILES string of the molecule is CCCOC(=O)c1ccc(NC(=O)COC(=O)[C@H](C(C)C)N2C(=O)[C@@H]3[C@H]4CC[C@@H](C4)[C@H]3C2=O)cc1. The minimum atomic E-state index is -1.05. The van der Waals surface area contributed by atoms with Crippen LogP contribution in [-0.2, 0) is 28.7 Å². The quantitative estimate of drug-likeness (QED) is 0.423. The van der Waals surface area contributed by atoms with Crippen LogP contribution in [0.1, 0.15) is 56.8 Å². The fourth-order valence-electron chi connectivity index (χ4n) is 5.77. The molecule has 35 heavy (non-hydrogen) atoms.